The number of nitrogens with zero attached hydrogens (tertiary/aromatic N) is 1. The summed E-state index contributed by atoms with van der Waals surface area (Å²) in [6.45, 7) is 2.70. The predicted octanol–water partition coefficient (Wildman–Crippen LogP) is 6.13. The van der Waals surface area contributed by atoms with Gasteiger partial charge in [0.25, 0.3) is 0 Å². The topological polar surface area (TPSA) is 26.2 Å². The second kappa shape index (κ2) is 6.67. The zero-order valence-corrected chi connectivity index (χ0v) is 17.4. The first-order valence-electron chi connectivity index (χ1n) is 10.5. The molecule has 1 aliphatic heterocycles. The van der Waals surface area contributed by atoms with Crippen molar-refractivity contribution in [3.63, 3.8) is 0 Å². The molecule has 0 bridgehead atoms. The van der Waals surface area contributed by atoms with Crippen LogP contribution < -0.4 is 9.30 Å². The van der Waals surface area contributed by atoms with E-state index in [9.17, 15) is 0 Å². The molecule has 1 aliphatic rings. The molecule has 0 N–H and O–H groups in total. The largest absolute Gasteiger partial charge is 0.492 e. The zero-order valence-electron chi connectivity index (χ0n) is 17.4. The van der Waals surface area contributed by atoms with Gasteiger partial charge in [0.05, 0.1) is 17.7 Å². The van der Waals surface area contributed by atoms with Crippen LogP contribution in [-0.4, -0.2) is 6.61 Å². The maximum absolute atomic E-state index is 15.2. The molecule has 31 heavy (non-hydrogen) atoms. The quantitative estimate of drug-likeness (QED) is 0.327. The van der Waals surface area contributed by atoms with E-state index in [1.54, 1.807) is 0 Å². The van der Waals surface area contributed by atoms with Gasteiger partial charge in [-0.3, -0.25) is 0 Å². The van der Waals surface area contributed by atoms with E-state index in [-0.39, 0.29) is 5.82 Å². The third kappa shape index (κ3) is 2.61. The van der Waals surface area contributed by atoms with E-state index in [1.165, 1.54) is 6.07 Å². The first kappa shape index (κ1) is 18.1. The Kier molecular flexibility index (Phi) is 3.90. The Labute approximate surface area is 179 Å². The molecule has 0 amide bonds. The number of hydrogen-bond acceptors (Lipinski definition) is 2. The van der Waals surface area contributed by atoms with Crippen LogP contribution in [-0.2, 0) is 13.5 Å². The second-order valence-corrected chi connectivity index (χ2v) is 8.12. The van der Waals surface area contributed by atoms with Crippen molar-refractivity contribution in [3.05, 3.63) is 83.8 Å². The number of halogens is 1. The summed E-state index contributed by atoms with van der Waals surface area (Å²) in [4.78, 5) is 0. The summed E-state index contributed by atoms with van der Waals surface area (Å²) < 4.78 is 29.7. The Morgan fingerprint density at radius 2 is 1.68 bits per heavy atom. The molecule has 3 aromatic carbocycles. The molecule has 2 aromatic heterocycles. The van der Waals surface area contributed by atoms with Crippen molar-refractivity contribution in [2.24, 2.45) is 7.05 Å². The number of ether oxygens (including phenoxy) is 1. The van der Waals surface area contributed by atoms with Crippen molar-refractivity contribution in [2.45, 2.75) is 13.3 Å². The number of aryl methyl sites for hydroxylation is 2. The molecular formula is C27H21FNO2+. The fraction of sp³-hybridized carbons (Fsp3) is 0.148. The fourth-order valence-corrected chi connectivity index (χ4v) is 4.74. The minimum Gasteiger partial charge on any atom is -0.492 e. The minimum atomic E-state index is -0.306. The van der Waals surface area contributed by atoms with Crippen molar-refractivity contribution in [2.75, 3.05) is 6.61 Å². The van der Waals surface area contributed by atoms with Crippen LogP contribution in [0.15, 0.2) is 71.3 Å². The maximum Gasteiger partial charge on any atom is 0.216 e. The van der Waals surface area contributed by atoms with E-state index in [2.05, 4.69) is 29.7 Å². The van der Waals surface area contributed by atoms with Crippen LogP contribution >= 0.6 is 0 Å². The Balaban J connectivity index is 1.72. The second-order valence-electron chi connectivity index (χ2n) is 8.12. The summed E-state index contributed by atoms with van der Waals surface area (Å²) in [6.07, 6.45) is 2.86. The lowest BCUT2D eigenvalue weighted by Crippen LogP contribution is -2.30. The van der Waals surface area contributed by atoms with Crippen LogP contribution in [0.25, 0.3) is 44.3 Å². The van der Waals surface area contributed by atoms with E-state index in [4.69, 9.17) is 9.15 Å². The molecule has 0 aliphatic carbocycles. The average molecular weight is 410 g/mol. The standard InChI is InChI=1S/C27H21FNO2/c1-16-9-10-18-19-11-12-21(28)24(20-7-5-6-17-13-15-30-25(17)20)27(19)31-26(18)23(16)22-8-3-4-14-29(22)2/h3-12,14H,13,15H2,1-2H3/q+1. The van der Waals surface area contributed by atoms with Gasteiger partial charge in [-0.25, -0.2) is 8.96 Å². The van der Waals surface area contributed by atoms with E-state index >= 15 is 4.39 Å². The highest BCUT2D eigenvalue weighted by atomic mass is 19.1. The zero-order chi connectivity index (χ0) is 21.1. The van der Waals surface area contributed by atoms with Gasteiger partial charge >= 0.3 is 0 Å². The molecule has 0 saturated carbocycles. The van der Waals surface area contributed by atoms with Crippen molar-refractivity contribution < 1.29 is 18.1 Å². The molecule has 0 spiro atoms. The van der Waals surface area contributed by atoms with Gasteiger partial charge in [0.2, 0.25) is 5.69 Å². The Bertz CT molecular complexity index is 1500. The summed E-state index contributed by atoms with van der Waals surface area (Å²) in [5.74, 6) is 0.458. The maximum atomic E-state index is 15.2. The molecular weight excluding hydrogens is 389 g/mol. The SMILES string of the molecule is Cc1ccc2c(oc3c(-c4cccc5c4OCC5)c(F)ccc32)c1-c1cccc[n+]1C. The van der Waals surface area contributed by atoms with Gasteiger partial charge in [-0.1, -0.05) is 30.3 Å². The van der Waals surface area contributed by atoms with E-state index in [1.807, 2.05) is 49.6 Å². The van der Waals surface area contributed by atoms with Crippen molar-refractivity contribution in [1.82, 2.24) is 0 Å². The highest BCUT2D eigenvalue weighted by Crippen LogP contribution is 2.45. The summed E-state index contributed by atoms with van der Waals surface area (Å²) in [6, 6.07) is 19.5. The molecule has 0 saturated heterocycles. The number of benzene rings is 3. The number of rotatable bonds is 2. The van der Waals surface area contributed by atoms with E-state index in [0.29, 0.717) is 17.8 Å². The first-order chi connectivity index (χ1) is 15.1. The Hall–Kier alpha value is -3.66. The number of fused-ring (bicyclic) bond motifs is 4. The van der Waals surface area contributed by atoms with Crippen LogP contribution in [0.3, 0.4) is 0 Å². The lowest BCUT2D eigenvalue weighted by molar-refractivity contribution is -0.660. The monoisotopic (exact) mass is 410 g/mol. The van der Waals surface area contributed by atoms with Gasteiger partial charge in [0.1, 0.15) is 29.8 Å². The highest BCUT2D eigenvalue weighted by molar-refractivity contribution is 6.13. The minimum absolute atomic E-state index is 0.306. The molecule has 0 radical (unpaired) electrons. The summed E-state index contributed by atoms with van der Waals surface area (Å²) in [7, 11) is 2.02. The number of para-hydroxylation sites is 1. The van der Waals surface area contributed by atoms with E-state index in [0.717, 1.165) is 56.5 Å². The average Bonchev–Trinajstić information content (AvgIpc) is 3.39. The number of aromatic nitrogens is 1. The number of pyridine rings is 1. The lowest BCUT2D eigenvalue weighted by atomic mass is 9.97. The van der Waals surface area contributed by atoms with Gasteiger partial charge in [-0.15, -0.1) is 0 Å². The molecule has 0 atom stereocenters. The highest BCUT2D eigenvalue weighted by Gasteiger charge is 2.25. The summed E-state index contributed by atoms with van der Waals surface area (Å²) >= 11 is 0. The van der Waals surface area contributed by atoms with Crippen LogP contribution in [0.4, 0.5) is 4.39 Å². The Morgan fingerprint density at radius 1 is 0.871 bits per heavy atom. The van der Waals surface area contributed by atoms with Crippen molar-refractivity contribution in [3.8, 4) is 28.1 Å². The van der Waals surface area contributed by atoms with Crippen molar-refractivity contribution in [1.29, 1.82) is 0 Å². The number of furan rings is 1. The van der Waals surface area contributed by atoms with Gasteiger partial charge in [0.15, 0.2) is 6.20 Å². The predicted molar refractivity (Wildman–Crippen MR) is 120 cm³/mol. The third-order valence-corrected chi connectivity index (χ3v) is 6.26. The van der Waals surface area contributed by atoms with E-state index < -0.39 is 0 Å². The van der Waals surface area contributed by atoms with Gasteiger partial charge < -0.3 is 9.15 Å². The number of hydrogen-bond donors (Lipinski definition) is 0. The van der Waals surface area contributed by atoms with Crippen LogP contribution in [0.5, 0.6) is 5.75 Å². The van der Waals surface area contributed by atoms with Gasteiger partial charge in [-0.05, 0) is 36.2 Å². The first-order valence-corrected chi connectivity index (χ1v) is 10.5. The molecule has 0 fully saturated rings. The van der Waals surface area contributed by atoms with Crippen LogP contribution in [0.1, 0.15) is 11.1 Å². The molecule has 4 heteroatoms. The fourth-order valence-electron chi connectivity index (χ4n) is 4.74. The van der Waals surface area contributed by atoms with Crippen LogP contribution in [0.2, 0.25) is 0 Å². The van der Waals surface area contributed by atoms with Gasteiger partial charge in [0, 0.05) is 34.9 Å². The lowest BCUT2D eigenvalue weighted by Gasteiger charge is -2.09. The Morgan fingerprint density at radius 3 is 2.52 bits per heavy atom. The smallest absolute Gasteiger partial charge is 0.216 e. The van der Waals surface area contributed by atoms with Crippen molar-refractivity contribution >= 4 is 21.9 Å². The molecule has 152 valence electrons. The third-order valence-electron chi connectivity index (χ3n) is 6.26. The molecule has 3 nitrogen and oxygen atoms in total. The normalized spacial score (nSPS) is 13.0. The molecule has 6 rings (SSSR count). The molecule has 0 unspecified atom stereocenters. The van der Waals surface area contributed by atoms with Gasteiger partial charge in [-0.2, -0.15) is 0 Å². The molecule has 5 aromatic rings. The summed E-state index contributed by atoms with van der Waals surface area (Å²) in [5, 5.41) is 1.89. The molecule has 3 heterocycles. The summed E-state index contributed by atoms with van der Waals surface area (Å²) in [5.41, 5.74) is 6.85. The van der Waals surface area contributed by atoms with Crippen LogP contribution in [0, 0.1) is 12.7 Å².